The Morgan fingerprint density at radius 3 is 1.02 bits per heavy atom. The maximum Gasteiger partial charge on any atom is 2.00 e. The van der Waals surface area contributed by atoms with Crippen LogP contribution in [-0.4, -0.2) is 80.0 Å². The molecule has 0 aliphatic rings. The Hall–Kier alpha value is -3.23. The van der Waals surface area contributed by atoms with Crippen molar-refractivity contribution in [1.82, 2.24) is 0 Å². The van der Waals surface area contributed by atoms with Crippen molar-refractivity contribution in [2.24, 2.45) is 0 Å². The summed E-state index contributed by atoms with van der Waals surface area (Å²) in [7, 11) is -16.9. The van der Waals surface area contributed by atoms with Gasteiger partial charge in [0.1, 0.15) is 30.0 Å². The molecule has 0 aromatic heterocycles. The van der Waals surface area contributed by atoms with E-state index in [2.05, 4.69) is 8.37 Å². The Bertz CT molecular complexity index is 2450. The summed E-state index contributed by atoms with van der Waals surface area (Å²) in [5, 5.41) is 4.39. The first-order chi connectivity index (χ1) is 21.5. The van der Waals surface area contributed by atoms with Crippen LogP contribution in [-0.2, 0) is 48.8 Å². The van der Waals surface area contributed by atoms with Crippen molar-refractivity contribution in [3.63, 3.8) is 0 Å². The third-order valence-electron chi connectivity index (χ3n) is 7.08. The average molecular weight is 727 g/mol. The van der Waals surface area contributed by atoms with Crippen molar-refractivity contribution >= 4 is 107 Å². The number of hydrogen-bond acceptors (Lipinski definition) is 12. The largest absolute Gasteiger partial charge is 2.00 e. The molecule has 6 aromatic rings. The molecule has 17 heteroatoms. The third-order valence-corrected chi connectivity index (χ3v) is 11.9. The maximum absolute atomic E-state index is 12.2. The molecule has 6 rings (SSSR count). The molecule has 0 heterocycles. The van der Waals surface area contributed by atoms with Gasteiger partial charge < -0.3 is 9.11 Å². The minimum atomic E-state index is -4.98. The van der Waals surface area contributed by atoms with E-state index in [1.807, 2.05) is 24.3 Å². The van der Waals surface area contributed by atoms with Crippen molar-refractivity contribution in [3.8, 4) is 0 Å². The number of rotatable bonds is 6. The van der Waals surface area contributed by atoms with Gasteiger partial charge in [0.05, 0.1) is 24.0 Å². The zero-order valence-electron chi connectivity index (χ0n) is 24.5. The van der Waals surface area contributed by atoms with Crippen LogP contribution in [0.1, 0.15) is 0 Å². The van der Waals surface area contributed by atoms with E-state index < -0.39 is 60.1 Å². The molecule has 0 atom stereocenters. The standard InChI is InChI=1S/2C15H12O6S2.Mg/c2*1-21-23(19,20)15-13-9-11-5-3-2-4-10(11)8-12(13)6-7-14(15)22(16,17)18;/h2*2-9H,1H3,(H,16,17,18);/q;;+2/p-2. The molecule has 0 unspecified atom stereocenters. The van der Waals surface area contributed by atoms with Gasteiger partial charge >= 0.3 is 23.1 Å². The zero-order valence-corrected chi connectivity index (χ0v) is 29.2. The van der Waals surface area contributed by atoms with E-state index in [1.54, 1.807) is 36.4 Å². The van der Waals surface area contributed by atoms with E-state index in [-0.39, 0.29) is 33.8 Å². The molecule has 0 spiro atoms. The monoisotopic (exact) mass is 726 g/mol. The summed E-state index contributed by atoms with van der Waals surface area (Å²) in [6, 6.07) is 25.7. The number of benzene rings is 6. The molecule has 6 aromatic carbocycles. The van der Waals surface area contributed by atoms with Crippen molar-refractivity contribution < 1.29 is 51.1 Å². The van der Waals surface area contributed by atoms with Crippen molar-refractivity contribution in [2.75, 3.05) is 14.2 Å². The minimum Gasteiger partial charge on any atom is -0.744 e. The van der Waals surface area contributed by atoms with Gasteiger partial charge in [0.15, 0.2) is 0 Å². The van der Waals surface area contributed by atoms with Gasteiger partial charge in [-0.2, -0.15) is 16.8 Å². The van der Waals surface area contributed by atoms with Gasteiger partial charge in [0.2, 0.25) is 0 Å². The summed E-state index contributed by atoms with van der Waals surface area (Å²) in [4.78, 5) is -2.89. The normalized spacial score (nSPS) is 12.5. The predicted octanol–water partition coefficient (Wildman–Crippen LogP) is 4.08. The van der Waals surface area contributed by atoms with Gasteiger partial charge in [-0.25, -0.2) is 16.8 Å². The van der Waals surface area contributed by atoms with Crippen LogP contribution in [0.4, 0.5) is 0 Å². The Balaban J connectivity index is 0.000000208. The Morgan fingerprint density at radius 2 is 0.745 bits per heavy atom. The SMILES string of the molecule is COS(=O)(=O)c1c(S(=O)(=O)[O-])ccc2cc3ccccc3cc12.COS(=O)(=O)c1c(S(=O)(=O)[O-])ccc2cc3ccccc3cc12.[Mg+2]. The van der Waals surface area contributed by atoms with E-state index in [4.69, 9.17) is 0 Å². The predicted molar refractivity (Wildman–Crippen MR) is 173 cm³/mol. The van der Waals surface area contributed by atoms with Gasteiger partial charge in [-0.05, 0) is 68.7 Å². The Morgan fingerprint density at radius 1 is 0.447 bits per heavy atom. The molecular formula is C30H22MgO12S4. The molecule has 47 heavy (non-hydrogen) atoms. The molecule has 0 amide bonds. The molecule has 12 nitrogen and oxygen atoms in total. The zero-order chi connectivity index (χ0) is 33.7. The second kappa shape index (κ2) is 13.3. The molecule has 0 aliphatic carbocycles. The third kappa shape index (κ3) is 7.29. The fourth-order valence-corrected chi connectivity index (χ4v) is 9.23. The van der Waals surface area contributed by atoms with E-state index >= 15 is 0 Å². The van der Waals surface area contributed by atoms with Gasteiger partial charge in [-0.3, -0.25) is 8.37 Å². The summed E-state index contributed by atoms with van der Waals surface area (Å²) >= 11 is 0. The summed E-state index contributed by atoms with van der Waals surface area (Å²) in [6.07, 6.45) is 0. The molecule has 0 fully saturated rings. The van der Waals surface area contributed by atoms with Crippen molar-refractivity contribution in [3.05, 3.63) is 97.1 Å². The molecule has 240 valence electrons. The summed E-state index contributed by atoms with van der Waals surface area (Å²) in [5.41, 5.74) is 0. The van der Waals surface area contributed by atoms with Crippen LogP contribution in [0.3, 0.4) is 0 Å². The molecule has 0 radical (unpaired) electrons. The summed E-state index contributed by atoms with van der Waals surface area (Å²) < 4.78 is 126. The van der Waals surface area contributed by atoms with E-state index in [1.165, 1.54) is 24.3 Å². The first-order valence-corrected chi connectivity index (χ1v) is 18.6. The van der Waals surface area contributed by atoms with Crippen LogP contribution < -0.4 is 0 Å². The Labute approximate surface area is 286 Å². The van der Waals surface area contributed by atoms with Crippen LogP contribution in [0.5, 0.6) is 0 Å². The smallest absolute Gasteiger partial charge is 0.744 e. The van der Waals surface area contributed by atoms with Gasteiger partial charge in [-0.1, -0.05) is 60.7 Å². The second-order valence-electron chi connectivity index (χ2n) is 9.78. The van der Waals surface area contributed by atoms with Gasteiger partial charge in [0, 0.05) is 10.8 Å². The molecular weight excluding hydrogens is 705 g/mol. The van der Waals surface area contributed by atoms with Crippen LogP contribution in [0.25, 0.3) is 43.1 Å². The first kappa shape index (κ1) is 36.6. The van der Waals surface area contributed by atoms with Crippen molar-refractivity contribution in [1.29, 1.82) is 0 Å². The van der Waals surface area contributed by atoms with Gasteiger partial charge in [-0.15, -0.1) is 0 Å². The van der Waals surface area contributed by atoms with Crippen molar-refractivity contribution in [2.45, 2.75) is 19.6 Å². The quantitative estimate of drug-likeness (QED) is 0.103. The summed E-state index contributed by atoms with van der Waals surface area (Å²) in [6.45, 7) is 0. The van der Waals surface area contributed by atoms with E-state index in [0.717, 1.165) is 37.1 Å². The number of hydrogen-bond donors (Lipinski definition) is 0. The topological polar surface area (TPSA) is 201 Å². The average Bonchev–Trinajstić information content (AvgIpc) is 3.00. The fraction of sp³-hybridized carbons (Fsp3) is 0.0667. The minimum absolute atomic E-state index is 0. The van der Waals surface area contributed by atoms with Crippen LogP contribution in [0.2, 0.25) is 0 Å². The van der Waals surface area contributed by atoms with Crippen LogP contribution in [0, 0.1) is 0 Å². The van der Waals surface area contributed by atoms with E-state index in [9.17, 15) is 42.8 Å². The van der Waals surface area contributed by atoms with Gasteiger partial charge in [0.25, 0.3) is 20.2 Å². The Kier molecular flexibility index (Phi) is 10.4. The summed E-state index contributed by atoms with van der Waals surface area (Å²) in [5.74, 6) is 0. The van der Waals surface area contributed by atoms with E-state index in [0.29, 0.717) is 21.5 Å². The van der Waals surface area contributed by atoms with Crippen LogP contribution in [0.15, 0.2) is 117 Å². The molecule has 0 saturated carbocycles. The fourth-order valence-electron chi connectivity index (χ4n) is 5.01. The molecule has 0 saturated heterocycles. The molecule has 0 N–H and O–H groups in total. The molecule has 0 bridgehead atoms. The van der Waals surface area contributed by atoms with Crippen LogP contribution >= 0.6 is 0 Å². The molecule has 0 aliphatic heterocycles. The maximum atomic E-state index is 12.2. The first-order valence-electron chi connectivity index (χ1n) is 12.9. The second-order valence-corrected chi connectivity index (χ2v) is 15.8. The number of fused-ring (bicyclic) bond motifs is 4.